The lowest BCUT2D eigenvalue weighted by Crippen LogP contribution is -2.34. The second-order valence-electron chi connectivity index (χ2n) is 13.1. The van der Waals surface area contributed by atoms with Gasteiger partial charge in [0, 0.05) is 0 Å². The van der Waals surface area contributed by atoms with E-state index in [4.69, 9.17) is 10.5 Å². The molecular formula is C35H41N3O6S. The molecule has 0 bridgehead atoms. The highest BCUT2D eigenvalue weighted by atomic mass is 32.2. The first-order valence-electron chi connectivity index (χ1n) is 15.3. The van der Waals surface area contributed by atoms with Crippen molar-refractivity contribution in [1.29, 1.82) is 0 Å². The Morgan fingerprint density at radius 1 is 0.933 bits per heavy atom. The van der Waals surface area contributed by atoms with Crippen LogP contribution in [0.15, 0.2) is 66.7 Å². The molecule has 2 N–H and O–H groups in total. The number of sulfonamides is 1. The number of hydrogen-bond acceptors (Lipinski definition) is 6. The van der Waals surface area contributed by atoms with Gasteiger partial charge < -0.3 is 10.5 Å². The first kappa shape index (κ1) is 32.2. The molecule has 2 aliphatic rings. The van der Waals surface area contributed by atoms with Gasteiger partial charge in [0.15, 0.2) is 0 Å². The number of hydrogen-bond donors (Lipinski definition) is 1. The summed E-state index contributed by atoms with van der Waals surface area (Å²) in [5, 5.41) is 0. The summed E-state index contributed by atoms with van der Waals surface area (Å²) in [6, 6.07) is 19.0. The van der Waals surface area contributed by atoms with Gasteiger partial charge in [-0.25, -0.2) is 12.7 Å². The van der Waals surface area contributed by atoms with Gasteiger partial charge in [-0.3, -0.25) is 19.3 Å². The van der Waals surface area contributed by atoms with Gasteiger partial charge in [0.05, 0.1) is 41.7 Å². The summed E-state index contributed by atoms with van der Waals surface area (Å²) >= 11 is 0. The van der Waals surface area contributed by atoms with E-state index in [0.717, 1.165) is 42.4 Å². The number of primary amides is 1. The number of ether oxygens (including phenoxy) is 1. The monoisotopic (exact) mass is 631 g/mol. The normalized spacial score (nSPS) is 18.5. The summed E-state index contributed by atoms with van der Waals surface area (Å²) in [7, 11) is -3.89. The van der Waals surface area contributed by atoms with Crippen LogP contribution < -0.4 is 14.8 Å². The Morgan fingerprint density at radius 2 is 1.58 bits per heavy atom. The molecular weight excluding hydrogens is 590 g/mol. The summed E-state index contributed by atoms with van der Waals surface area (Å²) < 4.78 is 34.2. The number of amides is 3. The molecule has 5 rings (SSSR count). The maximum Gasteiger partial charge on any atom is 0.261 e. The minimum Gasteiger partial charge on any atom is -0.490 e. The lowest BCUT2D eigenvalue weighted by atomic mass is 9.68. The van der Waals surface area contributed by atoms with E-state index >= 15 is 0 Å². The first-order chi connectivity index (χ1) is 21.2. The van der Waals surface area contributed by atoms with E-state index < -0.39 is 27.7 Å². The van der Waals surface area contributed by atoms with Crippen molar-refractivity contribution in [3.8, 4) is 5.75 Å². The maximum absolute atomic E-state index is 13.4. The summed E-state index contributed by atoms with van der Waals surface area (Å²) in [5.41, 5.74) is 8.67. The van der Waals surface area contributed by atoms with Gasteiger partial charge in [-0.05, 0) is 90.5 Å². The average molecular weight is 632 g/mol. The van der Waals surface area contributed by atoms with E-state index in [9.17, 15) is 22.8 Å². The van der Waals surface area contributed by atoms with E-state index in [1.807, 2.05) is 12.1 Å². The number of benzene rings is 3. The molecule has 0 spiro atoms. The number of nitrogens with two attached hydrogens (primary N) is 1. The van der Waals surface area contributed by atoms with Crippen molar-refractivity contribution < 1.29 is 27.5 Å². The number of carbonyl (C=O) groups excluding carboxylic acids is 3. The molecule has 3 aromatic carbocycles. The average Bonchev–Trinajstić information content (AvgIpc) is 3.22. The molecule has 3 aromatic rings. The Kier molecular flexibility index (Phi) is 9.07. The molecule has 0 saturated heterocycles. The fourth-order valence-electron chi connectivity index (χ4n) is 6.55. The van der Waals surface area contributed by atoms with Crippen LogP contribution in [0.5, 0.6) is 5.75 Å². The minimum atomic E-state index is -3.89. The maximum atomic E-state index is 13.4. The van der Waals surface area contributed by atoms with Crippen LogP contribution in [-0.4, -0.2) is 50.4 Å². The quantitative estimate of drug-likeness (QED) is 0.282. The van der Waals surface area contributed by atoms with Crippen molar-refractivity contribution >= 4 is 39.1 Å². The Morgan fingerprint density at radius 3 is 2.16 bits per heavy atom. The van der Waals surface area contributed by atoms with Gasteiger partial charge in [0.1, 0.15) is 12.4 Å². The van der Waals surface area contributed by atoms with Crippen LogP contribution in [0.3, 0.4) is 0 Å². The molecule has 238 valence electrons. The van der Waals surface area contributed by atoms with Gasteiger partial charge in [0.25, 0.3) is 11.8 Å². The van der Waals surface area contributed by atoms with E-state index in [2.05, 4.69) is 26.8 Å². The lowest BCUT2D eigenvalue weighted by molar-refractivity contribution is -0.117. The predicted octanol–water partition coefficient (Wildman–Crippen LogP) is 5.81. The topological polar surface area (TPSA) is 127 Å². The van der Waals surface area contributed by atoms with Crippen LogP contribution in [0.1, 0.15) is 84.2 Å². The molecule has 0 radical (unpaired) electrons. The molecule has 0 atom stereocenters. The highest BCUT2D eigenvalue weighted by Gasteiger charge is 2.35. The van der Waals surface area contributed by atoms with Crippen LogP contribution in [0, 0.1) is 11.3 Å². The standard InChI is InChI=1S/C35H41N3O6S/c1-35(2,3)26-15-13-24(14-16-26)25-8-7-9-27(22-25)38(45(4,42)43)30-20-23(21-32(36)39)12-17-31(30)44-19-18-37-33(40)28-10-5-6-11-29(28)34(37)41/h5-12,17,20,22,24,26H,13-16,18-19,21H2,1-4H3,(H2,36,39). The van der Waals surface area contributed by atoms with Gasteiger partial charge in [-0.15, -0.1) is 0 Å². The third-order valence-corrected chi connectivity index (χ3v) is 10.0. The fraction of sp³-hybridized carbons (Fsp3) is 0.400. The largest absolute Gasteiger partial charge is 0.490 e. The van der Waals surface area contributed by atoms with Crippen molar-refractivity contribution in [3.63, 3.8) is 0 Å². The Labute approximate surface area is 265 Å². The zero-order valence-corrected chi connectivity index (χ0v) is 27.1. The molecule has 10 heteroatoms. The molecule has 1 aliphatic heterocycles. The lowest BCUT2D eigenvalue weighted by Gasteiger charge is -2.37. The van der Waals surface area contributed by atoms with Crippen LogP contribution >= 0.6 is 0 Å². The molecule has 1 aliphatic carbocycles. The van der Waals surface area contributed by atoms with Crippen LogP contribution in [0.2, 0.25) is 0 Å². The first-order valence-corrected chi connectivity index (χ1v) is 17.2. The summed E-state index contributed by atoms with van der Waals surface area (Å²) in [6.07, 6.45) is 5.34. The van der Waals surface area contributed by atoms with E-state index in [1.54, 1.807) is 48.5 Å². The zero-order chi connectivity index (χ0) is 32.5. The van der Waals surface area contributed by atoms with Crippen molar-refractivity contribution in [2.75, 3.05) is 23.7 Å². The molecule has 9 nitrogen and oxygen atoms in total. The Hall–Kier alpha value is -4.18. The molecule has 0 aromatic heterocycles. The van der Waals surface area contributed by atoms with E-state index in [1.165, 1.54) is 4.31 Å². The van der Waals surface area contributed by atoms with Crippen molar-refractivity contribution in [2.45, 2.75) is 58.8 Å². The molecule has 3 amide bonds. The van der Waals surface area contributed by atoms with E-state index in [0.29, 0.717) is 34.2 Å². The third-order valence-electron chi connectivity index (χ3n) is 8.93. The summed E-state index contributed by atoms with van der Waals surface area (Å²) in [4.78, 5) is 38.6. The number of rotatable bonds is 10. The smallest absolute Gasteiger partial charge is 0.261 e. The molecule has 1 heterocycles. The van der Waals surface area contributed by atoms with Crippen molar-refractivity contribution in [1.82, 2.24) is 4.90 Å². The van der Waals surface area contributed by atoms with Crippen LogP contribution in [0.25, 0.3) is 0 Å². The number of carbonyl (C=O) groups is 3. The molecule has 1 saturated carbocycles. The second kappa shape index (κ2) is 12.7. The SMILES string of the molecule is CC(C)(C)C1CCC(c2cccc(N(c3cc(CC(N)=O)ccc3OCCN3C(=O)c4ccccc4C3=O)S(C)(=O)=O)c2)CC1. The van der Waals surface area contributed by atoms with Crippen LogP contribution in [0.4, 0.5) is 11.4 Å². The fourth-order valence-corrected chi connectivity index (χ4v) is 7.55. The molecule has 45 heavy (non-hydrogen) atoms. The highest BCUT2D eigenvalue weighted by molar-refractivity contribution is 7.92. The minimum absolute atomic E-state index is 0.0274. The van der Waals surface area contributed by atoms with Gasteiger partial charge in [0.2, 0.25) is 15.9 Å². The second-order valence-corrected chi connectivity index (χ2v) is 15.0. The third kappa shape index (κ3) is 7.06. The van der Waals surface area contributed by atoms with Crippen molar-refractivity contribution in [2.24, 2.45) is 17.1 Å². The number of imide groups is 1. The van der Waals surface area contributed by atoms with Gasteiger partial charge in [-0.1, -0.05) is 51.1 Å². The van der Waals surface area contributed by atoms with Crippen molar-refractivity contribution in [3.05, 3.63) is 89.0 Å². The zero-order valence-electron chi connectivity index (χ0n) is 26.3. The predicted molar refractivity (Wildman–Crippen MR) is 174 cm³/mol. The molecule has 1 fully saturated rings. The summed E-state index contributed by atoms with van der Waals surface area (Å²) in [5.74, 6) is -0.163. The molecule has 0 unspecified atom stereocenters. The number of nitrogens with zero attached hydrogens (tertiary/aromatic N) is 2. The number of fused-ring (bicyclic) bond motifs is 1. The van der Waals surface area contributed by atoms with Crippen LogP contribution in [-0.2, 0) is 21.2 Å². The van der Waals surface area contributed by atoms with Gasteiger partial charge in [-0.2, -0.15) is 0 Å². The van der Waals surface area contributed by atoms with E-state index in [-0.39, 0.29) is 36.4 Å². The highest BCUT2D eigenvalue weighted by Crippen LogP contribution is 2.44. The Balaban J connectivity index is 1.43. The number of anilines is 2. The Bertz CT molecular complexity index is 1690. The summed E-state index contributed by atoms with van der Waals surface area (Å²) in [6.45, 7) is 6.76. The van der Waals surface area contributed by atoms with Gasteiger partial charge >= 0.3 is 0 Å².